The third-order valence-corrected chi connectivity index (χ3v) is 3.76. The minimum atomic E-state index is -0.704. The predicted molar refractivity (Wildman–Crippen MR) is 89.5 cm³/mol. The Morgan fingerprint density at radius 2 is 1.92 bits per heavy atom. The molecule has 1 unspecified atom stereocenters. The molecule has 1 atom stereocenters. The van der Waals surface area contributed by atoms with Crippen LogP contribution in [-0.4, -0.2) is 46.5 Å². The summed E-state index contributed by atoms with van der Waals surface area (Å²) in [6, 6.07) is 4.05. The highest BCUT2D eigenvalue weighted by atomic mass is 16.6. The Kier molecular flexibility index (Phi) is 6.24. The number of allylic oxidation sites excluding steroid dienone is 1. The summed E-state index contributed by atoms with van der Waals surface area (Å²) in [6.07, 6.45) is 0. The lowest BCUT2D eigenvalue weighted by Crippen LogP contribution is -2.45. The summed E-state index contributed by atoms with van der Waals surface area (Å²) in [7, 11) is 4.57. The lowest BCUT2D eigenvalue weighted by molar-refractivity contribution is -0.140. The zero-order valence-corrected chi connectivity index (χ0v) is 14.7. The molecule has 25 heavy (non-hydrogen) atoms. The zero-order valence-electron chi connectivity index (χ0n) is 14.7. The van der Waals surface area contributed by atoms with Crippen molar-refractivity contribution in [1.29, 1.82) is 0 Å². The van der Waals surface area contributed by atoms with Crippen molar-refractivity contribution in [2.24, 2.45) is 0 Å². The van der Waals surface area contributed by atoms with E-state index in [0.29, 0.717) is 28.3 Å². The Balaban J connectivity index is 2.40. The van der Waals surface area contributed by atoms with Crippen LogP contribution >= 0.6 is 0 Å². The number of carbonyl (C=O) groups is 2. The molecule has 0 bridgehead atoms. The molecule has 0 saturated carbocycles. The summed E-state index contributed by atoms with van der Waals surface area (Å²) in [6.45, 7) is 2.05. The van der Waals surface area contributed by atoms with Crippen LogP contribution < -0.4 is 20.1 Å². The number of nitrogens with one attached hydrogen (secondary N) is 2. The van der Waals surface area contributed by atoms with Crippen molar-refractivity contribution in [2.75, 3.05) is 34.5 Å². The first-order chi connectivity index (χ1) is 12.0. The van der Waals surface area contributed by atoms with Crippen LogP contribution in [0.3, 0.4) is 0 Å². The number of esters is 1. The van der Waals surface area contributed by atoms with Crippen molar-refractivity contribution in [1.82, 2.24) is 10.6 Å². The third-order valence-electron chi connectivity index (χ3n) is 3.76. The lowest BCUT2D eigenvalue weighted by atomic mass is 9.94. The maximum Gasteiger partial charge on any atom is 0.338 e. The summed E-state index contributed by atoms with van der Waals surface area (Å²) in [5, 5.41) is 5.33. The minimum Gasteiger partial charge on any atom is -0.497 e. The van der Waals surface area contributed by atoms with Crippen molar-refractivity contribution < 1.29 is 28.5 Å². The van der Waals surface area contributed by atoms with E-state index in [-0.39, 0.29) is 13.2 Å². The van der Waals surface area contributed by atoms with E-state index in [0.717, 1.165) is 0 Å². The smallest absolute Gasteiger partial charge is 0.338 e. The number of amides is 2. The van der Waals surface area contributed by atoms with Crippen LogP contribution in [0.2, 0.25) is 0 Å². The Labute approximate surface area is 146 Å². The van der Waals surface area contributed by atoms with Gasteiger partial charge in [-0.1, -0.05) is 0 Å². The molecule has 2 N–H and O–H groups in total. The molecule has 8 heteroatoms. The number of hydrogen-bond donors (Lipinski definition) is 2. The minimum absolute atomic E-state index is 0.118. The van der Waals surface area contributed by atoms with Gasteiger partial charge < -0.3 is 29.6 Å². The van der Waals surface area contributed by atoms with Crippen molar-refractivity contribution in [3.8, 4) is 11.5 Å². The molecule has 2 rings (SSSR count). The molecule has 0 aromatic heterocycles. The van der Waals surface area contributed by atoms with Crippen molar-refractivity contribution >= 4 is 12.0 Å². The van der Waals surface area contributed by atoms with Gasteiger partial charge in [-0.25, -0.2) is 9.59 Å². The summed E-state index contributed by atoms with van der Waals surface area (Å²) < 4.78 is 20.7. The van der Waals surface area contributed by atoms with Gasteiger partial charge in [-0.05, 0) is 19.1 Å². The highest BCUT2D eigenvalue weighted by molar-refractivity contribution is 5.95. The van der Waals surface area contributed by atoms with Crippen LogP contribution in [0.5, 0.6) is 11.5 Å². The van der Waals surface area contributed by atoms with Gasteiger partial charge in [-0.15, -0.1) is 0 Å². The highest BCUT2D eigenvalue weighted by Gasteiger charge is 2.34. The fourth-order valence-corrected chi connectivity index (χ4v) is 2.55. The Bertz CT molecular complexity index is 686. The highest BCUT2D eigenvalue weighted by Crippen LogP contribution is 2.35. The number of rotatable bonds is 7. The van der Waals surface area contributed by atoms with Gasteiger partial charge in [0.15, 0.2) is 0 Å². The van der Waals surface area contributed by atoms with Crippen LogP contribution in [0.25, 0.3) is 0 Å². The fraction of sp³-hybridized carbons (Fsp3) is 0.412. The van der Waals surface area contributed by atoms with E-state index in [9.17, 15) is 9.59 Å². The Hall–Kier alpha value is -2.74. The summed E-state index contributed by atoms with van der Waals surface area (Å²) in [5.74, 6) is 0.553. The lowest BCUT2D eigenvalue weighted by Gasteiger charge is -2.29. The van der Waals surface area contributed by atoms with E-state index in [1.807, 2.05) is 0 Å². The first-order valence-corrected chi connectivity index (χ1v) is 7.68. The molecule has 1 aromatic rings. The van der Waals surface area contributed by atoms with Crippen molar-refractivity contribution in [2.45, 2.75) is 13.0 Å². The zero-order chi connectivity index (χ0) is 18.4. The van der Waals surface area contributed by atoms with Gasteiger partial charge >= 0.3 is 12.0 Å². The van der Waals surface area contributed by atoms with E-state index in [1.54, 1.807) is 32.2 Å². The van der Waals surface area contributed by atoms with E-state index in [1.165, 1.54) is 14.2 Å². The summed E-state index contributed by atoms with van der Waals surface area (Å²) >= 11 is 0. The van der Waals surface area contributed by atoms with Gasteiger partial charge in [-0.2, -0.15) is 0 Å². The number of urea groups is 1. The largest absolute Gasteiger partial charge is 0.497 e. The average Bonchev–Trinajstić information content (AvgIpc) is 2.60. The Morgan fingerprint density at radius 3 is 2.56 bits per heavy atom. The molecule has 0 spiro atoms. The quantitative estimate of drug-likeness (QED) is 0.572. The first kappa shape index (κ1) is 18.6. The van der Waals surface area contributed by atoms with Gasteiger partial charge in [0.1, 0.15) is 18.1 Å². The number of carbonyl (C=O) groups excluding carboxylic acids is 2. The van der Waals surface area contributed by atoms with Crippen LogP contribution in [0.4, 0.5) is 4.79 Å². The standard InChI is InChI=1S/C17H22N2O6/c1-10-14(16(20)25-8-7-22-2)15(19-17(21)18-10)12-6-5-11(23-3)9-13(12)24-4/h5-6,9,15H,7-8H2,1-4H3,(H2,18,19,21). The van der Waals surface area contributed by atoms with Crippen LogP contribution in [0.1, 0.15) is 18.5 Å². The van der Waals surface area contributed by atoms with E-state index >= 15 is 0 Å². The summed E-state index contributed by atoms with van der Waals surface area (Å²) in [5.41, 5.74) is 1.35. The molecular formula is C17H22N2O6. The second-order valence-corrected chi connectivity index (χ2v) is 5.31. The van der Waals surface area contributed by atoms with Crippen LogP contribution in [0, 0.1) is 0 Å². The number of methoxy groups -OCH3 is 3. The molecule has 8 nitrogen and oxygen atoms in total. The number of ether oxygens (including phenoxy) is 4. The van der Waals surface area contributed by atoms with Crippen LogP contribution in [0.15, 0.2) is 29.5 Å². The van der Waals surface area contributed by atoms with Gasteiger partial charge in [0.2, 0.25) is 0 Å². The van der Waals surface area contributed by atoms with E-state index < -0.39 is 18.0 Å². The molecule has 0 aliphatic carbocycles. The monoisotopic (exact) mass is 350 g/mol. The number of benzene rings is 1. The van der Waals surface area contributed by atoms with Gasteiger partial charge in [0.05, 0.1) is 32.4 Å². The van der Waals surface area contributed by atoms with Gasteiger partial charge in [0.25, 0.3) is 0 Å². The van der Waals surface area contributed by atoms with Crippen molar-refractivity contribution in [3.63, 3.8) is 0 Å². The van der Waals surface area contributed by atoms with Crippen LogP contribution in [-0.2, 0) is 14.3 Å². The van der Waals surface area contributed by atoms with Gasteiger partial charge in [0, 0.05) is 24.4 Å². The van der Waals surface area contributed by atoms with E-state index in [4.69, 9.17) is 18.9 Å². The summed E-state index contributed by atoms with van der Waals surface area (Å²) in [4.78, 5) is 24.4. The maximum absolute atomic E-state index is 12.5. The normalized spacial score (nSPS) is 16.8. The molecule has 1 aromatic carbocycles. The van der Waals surface area contributed by atoms with Crippen molar-refractivity contribution in [3.05, 3.63) is 35.0 Å². The number of hydrogen-bond acceptors (Lipinski definition) is 6. The molecule has 1 heterocycles. The molecule has 1 aliphatic rings. The second kappa shape index (κ2) is 8.39. The molecule has 2 amide bonds. The molecule has 0 saturated heterocycles. The molecule has 0 radical (unpaired) electrons. The Morgan fingerprint density at radius 1 is 1.16 bits per heavy atom. The SMILES string of the molecule is COCCOC(=O)C1=C(C)NC(=O)NC1c1ccc(OC)cc1OC. The fourth-order valence-electron chi connectivity index (χ4n) is 2.55. The van der Waals surface area contributed by atoms with Gasteiger partial charge in [-0.3, -0.25) is 0 Å². The van der Waals surface area contributed by atoms with E-state index in [2.05, 4.69) is 10.6 Å². The first-order valence-electron chi connectivity index (χ1n) is 7.68. The molecule has 136 valence electrons. The molecule has 0 fully saturated rings. The second-order valence-electron chi connectivity index (χ2n) is 5.31. The molecular weight excluding hydrogens is 328 g/mol. The topological polar surface area (TPSA) is 95.1 Å². The maximum atomic E-state index is 12.5. The third kappa shape index (κ3) is 4.21. The predicted octanol–water partition coefficient (Wildman–Crippen LogP) is 1.52. The molecule has 1 aliphatic heterocycles. The average molecular weight is 350 g/mol.